The molecule has 0 N–H and O–H groups in total. The highest BCUT2D eigenvalue weighted by atomic mass is 32.2. The Morgan fingerprint density at radius 2 is 2.00 bits per heavy atom. The molecule has 0 radical (unpaired) electrons. The second kappa shape index (κ2) is 6.85. The van der Waals surface area contributed by atoms with E-state index in [-0.39, 0.29) is 5.12 Å². The molecule has 1 rings (SSSR count). The summed E-state index contributed by atoms with van der Waals surface area (Å²) in [5.41, 5.74) is 0.665. The van der Waals surface area contributed by atoms with Gasteiger partial charge in [0.05, 0.1) is 4.58 Å². The van der Waals surface area contributed by atoms with Gasteiger partial charge in [-0.3, -0.25) is 4.79 Å². The van der Waals surface area contributed by atoms with Crippen molar-refractivity contribution < 1.29 is 4.79 Å². The normalized spacial score (nSPS) is 18.9. The van der Waals surface area contributed by atoms with Gasteiger partial charge in [-0.1, -0.05) is 18.3 Å². The zero-order chi connectivity index (χ0) is 10.4. The van der Waals surface area contributed by atoms with Crippen molar-refractivity contribution in [2.45, 2.75) is 24.3 Å². The monoisotopic (exact) mass is 248 g/mol. The lowest BCUT2D eigenvalue weighted by atomic mass is 10.4. The summed E-state index contributed by atoms with van der Waals surface area (Å²) in [6.45, 7) is 5.43. The Bertz CT molecular complexity index is 207. The quantitative estimate of drug-likeness (QED) is 0.712. The standard InChI is InChI=1S/C10H16OS3/c1-8(2)10(11)14-7-9-12-5-3-4-6-13-9/h9H,1,3-7H2,2H3. The van der Waals surface area contributed by atoms with E-state index in [1.165, 1.54) is 36.1 Å². The predicted molar refractivity (Wildman–Crippen MR) is 70.2 cm³/mol. The Hall–Kier alpha value is 0.460. The minimum Gasteiger partial charge on any atom is -0.282 e. The summed E-state index contributed by atoms with van der Waals surface area (Å²) in [6.07, 6.45) is 2.65. The highest BCUT2D eigenvalue weighted by molar-refractivity contribution is 8.20. The van der Waals surface area contributed by atoms with E-state index in [0.29, 0.717) is 10.2 Å². The van der Waals surface area contributed by atoms with Gasteiger partial charge in [-0.15, -0.1) is 23.5 Å². The number of carbonyl (C=O) groups excluding carboxylic acids is 1. The van der Waals surface area contributed by atoms with Gasteiger partial charge < -0.3 is 0 Å². The molecule has 1 nitrogen and oxygen atoms in total. The fourth-order valence-corrected chi connectivity index (χ4v) is 4.99. The van der Waals surface area contributed by atoms with Gasteiger partial charge in [0.1, 0.15) is 0 Å². The fraction of sp³-hybridized carbons (Fsp3) is 0.700. The molecule has 1 aliphatic rings. The molecule has 0 saturated carbocycles. The van der Waals surface area contributed by atoms with Crippen molar-refractivity contribution in [3.8, 4) is 0 Å². The molecule has 0 aromatic carbocycles. The molecular formula is C10H16OS3. The molecule has 1 fully saturated rings. The number of rotatable bonds is 3. The number of hydrogen-bond donors (Lipinski definition) is 0. The van der Waals surface area contributed by atoms with Crippen LogP contribution in [0.5, 0.6) is 0 Å². The number of hydrogen-bond acceptors (Lipinski definition) is 4. The summed E-state index contributed by atoms with van der Waals surface area (Å²) in [5.74, 6) is 3.43. The van der Waals surface area contributed by atoms with Gasteiger partial charge in [0.25, 0.3) is 0 Å². The van der Waals surface area contributed by atoms with Crippen molar-refractivity contribution in [3.05, 3.63) is 12.2 Å². The maximum Gasteiger partial charge on any atom is 0.214 e. The van der Waals surface area contributed by atoms with Gasteiger partial charge in [-0.2, -0.15) is 0 Å². The fourth-order valence-electron chi connectivity index (χ4n) is 1.04. The molecule has 1 aliphatic heterocycles. The summed E-state index contributed by atoms with van der Waals surface area (Å²) in [6, 6.07) is 0. The van der Waals surface area contributed by atoms with Crippen LogP contribution in [0.15, 0.2) is 12.2 Å². The van der Waals surface area contributed by atoms with Crippen LogP contribution >= 0.6 is 35.3 Å². The Morgan fingerprint density at radius 1 is 1.43 bits per heavy atom. The maximum absolute atomic E-state index is 11.3. The Labute approximate surface area is 98.9 Å². The molecule has 0 aromatic rings. The van der Waals surface area contributed by atoms with Crippen molar-refractivity contribution in [2.24, 2.45) is 0 Å². The lowest BCUT2D eigenvalue weighted by Gasteiger charge is -2.11. The van der Waals surface area contributed by atoms with Gasteiger partial charge in [-0.25, -0.2) is 0 Å². The molecule has 0 unspecified atom stereocenters. The lowest BCUT2D eigenvalue weighted by Crippen LogP contribution is -2.04. The highest BCUT2D eigenvalue weighted by Crippen LogP contribution is 2.32. The lowest BCUT2D eigenvalue weighted by molar-refractivity contribution is -0.107. The van der Waals surface area contributed by atoms with Crippen LogP contribution in [0.25, 0.3) is 0 Å². The zero-order valence-electron chi connectivity index (χ0n) is 8.45. The predicted octanol–water partition coefficient (Wildman–Crippen LogP) is 3.41. The van der Waals surface area contributed by atoms with Gasteiger partial charge in [0.2, 0.25) is 5.12 Å². The number of carbonyl (C=O) groups is 1. The second-order valence-electron chi connectivity index (χ2n) is 3.26. The van der Waals surface area contributed by atoms with Crippen LogP contribution in [0, 0.1) is 0 Å². The second-order valence-corrected chi connectivity index (χ2v) is 7.17. The molecule has 80 valence electrons. The molecule has 1 heterocycles. The van der Waals surface area contributed by atoms with Crippen LogP contribution < -0.4 is 0 Å². The average Bonchev–Trinajstić information content (AvgIpc) is 2.42. The Balaban J connectivity index is 2.22. The van der Waals surface area contributed by atoms with E-state index in [1.807, 2.05) is 23.5 Å². The first-order valence-electron chi connectivity index (χ1n) is 4.76. The van der Waals surface area contributed by atoms with Crippen molar-refractivity contribution >= 4 is 40.4 Å². The molecule has 0 spiro atoms. The first kappa shape index (κ1) is 12.5. The van der Waals surface area contributed by atoms with E-state index in [1.54, 1.807) is 6.92 Å². The first-order chi connectivity index (χ1) is 6.70. The molecular weight excluding hydrogens is 232 g/mol. The zero-order valence-corrected chi connectivity index (χ0v) is 10.9. The molecule has 0 aliphatic carbocycles. The average molecular weight is 248 g/mol. The van der Waals surface area contributed by atoms with Gasteiger partial charge in [-0.05, 0) is 36.8 Å². The third-order valence-electron chi connectivity index (χ3n) is 1.85. The molecule has 1 saturated heterocycles. The minimum absolute atomic E-state index is 0.149. The van der Waals surface area contributed by atoms with Crippen LogP contribution in [-0.2, 0) is 4.79 Å². The third kappa shape index (κ3) is 4.80. The van der Waals surface area contributed by atoms with Crippen LogP contribution in [0.2, 0.25) is 0 Å². The van der Waals surface area contributed by atoms with Crippen LogP contribution in [0.3, 0.4) is 0 Å². The van der Waals surface area contributed by atoms with E-state index in [4.69, 9.17) is 0 Å². The van der Waals surface area contributed by atoms with Crippen molar-refractivity contribution in [3.63, 3.8) is 0 Å². The summed E-state index contributed by atoms with van der Waals surface area (Å²) < 4.78 is 0.603. The van der Waals surface area contributed by atoms with E-state index in [9.17, 15) is 4.79 Å². The molecule has 0 bridgehead atoms. The summed E-state index contributed by atoms with van der Waals surface area (Å²) >= 11 is 5.42. The topological polar surface area (TPSA) is 17.1 Å². The molecule has 0 aromatic heterocycles. The molecule has 14 heavy (non-hydrogen) atoms. The first-order valence-corrected chi connectivity index (χ1v) is 7.84. The van der Waals surface area contributed by atoms with E-state index in [0.717, 1.165) is 5.75 Å². The Kier molecular flexibility index (Phi) is 6.13. The SMILES string of the molecule is C=C(C)C(=O)SCC1SCCCCS1. The van der Waals surface area contributed by atoms with Crippen molar-refractivity contribution in [1.29, 1.82) is 0 Å². The third-order valence-corrected chi connectivity index (χ3v) is 6.32. The highest BCUT2D eigenvalue weighted by Gasteiger charge is 2.15. The molecule has 0 atom stereocenters. The molecule has 0 amide bonds. The van der Waals surface area contributed by atoms with Gasteiger partial charge in [0, 0.05) is 5.75 Å². The summed E-state index contributed by atoms with van der Waals surface area (Å²) in [7, 11) is 0. The minimum atomic E-state index is 0.149. The van der Waals surface area contributed by atoms with Crippen LogP contribution in [0.1, 0.15) is 19.8 Å². The number of thioether (sulfide) groups is 3. The van der Waals surface area contributed by atoms with Crippen LogP contribution in [-0.4, -0.2) is 27.0 Å². The summed E-state index contributed by atoms with van der Waals surface area (Å²) in [5, 5.41) is 0.149. The van der Waals surface area contributed by atoms with E-state index in [2.05, 4.69) is 6.58 Å². The van der Waals surface area contributed by atoms with E-state index >= 15 is 0 Å². The van der Waals surface area contributed by atoms with Crippen molar-refractivity contribution in [1.82, 2.24) is 0 Å². The van der Waals surface area contributed by atoms with E-state index < -0.39 is 0 Å². The Morgan fingerprint density at radius 3 is 2.50 bits per heavy atom. The summed E-state index contributed by atoms with van der Waals surface area (Å²) in [4.78, 5) is 11.3. The largest absolute Gasteiger partial charge is 0.282 e. The molecule has 4 heteroatoms. The maximum atomic E-state index is 11.3. The van der Waals surface area contributed by atoms with Gasteiger partial charge in [0.15, 0.2) is 0 Å². The van der Waals surface area contributed by atoms with Crippen LogP contribution in [0.4, 0.5) is 0 Å². The van der Waals surface area contributed by atoms with Crippen molar-refractivity contribution in [2.75, 3.05) is 17.3 Å². The van der Waals surface area contributed by atoms with Gasteiger partial charge >= 0.3 is 0 Å². The smallest absolute Gasteiger partial charge is 0.214 e.